The van der Waals surface area contributed by atoms with E-state index in [1.165, 1.54) is 5.56 Å². The van der Waals surface area contributed by atoms with Crippen molar-refractivity contribution in [2.45, 2.75) is 38.6 Å². The van der Waals surface area contributed by atoms with Crippen LogP contribution in [0, 0.1) is 0 Å². The Bertz CT molecular complexity index is 410. The van der Waals surface area contributed by atoms with E-state index < -0.39 is 5.79 Å². The average molecular weight is 265 g/mol. The Kier molecular flexibility index (Phi) is 4.45. The van der Waals surface area contributed by atoms with Gasteiger partial charge in [0, 0.05) is 6.04 Å². The van der Waals surface area contributed by atoms with Crippen molar-refractivity contribution in [2.75, 3.05) is 20.3 Å². The standard InChI is InChI=1S/C15H23NO3/c1-11(12-6-5-7-14(8-12)17-4)16-13-9-18-15(2,3)19-10-13/h5-8,11,13,16H,9-10H2,1-4H3/t11-/m0/s1. The van der Waals surface area contributed by atoms with Crippen LogP contribution in [0.15, 0.2) is 24.3 Å². The molecular formula is C15H23NO3. The van der Waals surface area contributed by atoms with Crippen LogP contribution in [-0.2, 0) is 9.47 Å². The summed E-state index contributed by atoms with van der Waals surface area (Å²) in [5.74, 6) is 0.417. The second-order valence-corrected chi connectivity index (χ2v) is 5.38. The first-order valence-electron chi connectivity index (χ1n) is 6.68. The highest BCUT2D eigenvalue weighted by Gasteiger charge is 2.28. The minimum atomic E-state index is -0.461. The molecule has 0 bridgehead atoms. The normalized spacial score (nSPS) is 21.1. The molecule has 4 nitrogen and oxygen atoms in total. The van der Waals surface area contributed by atoms with E-state index in [1.54, 1.807) is 7.11 Å². The van der Waals surface area contributed by atoms with E-state index in [0.29, 0.717) is 13.2 Å². The van der Waals surface area contributed by atoms with Gasteiger partial charge in [0.25, 0.3) is 0 Å². The predicted octanol–water partition coefficient (Wildman–Crippen LogP) is 2.50. The van der Waals surface area contributed by atoms with Crippen LogP contribution in [0.25, 0.3) is 0 Å². The Hall–Kier alpha value is -1.10. The molecule has 1 heterocycles. The van der Waals surface area contributed by atoms with E-state index in [2.05, 4.69) is 18.3 Å². The molecule has 0 amide bonds. The summed E-state index contributed by atoms with van der Waals surface area (Å²) in [6.07, 6.45) is 0. The van der Waals surface area contributed by atoms with Crippen molar-refractivity contribution in [3.8, 4) is 5.75 Å². The monoisotopic (exact) mass is 265 g/mol. The van der Waals surface area contributed by atoms with Crippen molar-refractivity contribution in [2.24, 2.45) is 0 Å². The van der Waals surface area contributed by atoms with Gasteiger partial charge in [0.1, 0.15) is 5.75 Å². The summed E-state index contributed by atoms with van der Waals surface area (Å²) < 4.78 is 16.5. The maximum atomic E-state index is 5.65. The fraction of sp³-hybridized carbons (Fsp3) is 0.600. The van der Waals surface area contributed by atoms with Gasteiger partial charge in [-0.25, -0.2) is 0 Å². The topological polar surface area (TPSA) is 39.7 Å². The zero-order chi connectivity index (χ0) is 13.9. The van der Waals surface area contributed by atoms with Crippen molar-refractivity contribution in [3.63, 3.8) is 0 Å². The molecule has 4 heteroatoms. The quantitative estimate of drug-likeness (QED) is 0.908. The zero-order valence-corrected chi connectivity index (χ0v) is 12.1. The number of ether oxygens (including phenoxy) is 3. The molecule has 0 saturated carbocycles. The third-order valence-corrected chi connectivity index (χ3v) is 3.34. The molecule has 0 aromatic heterocycles. The molecule has 2 rings (SSSR count). The lowest BCUT2D eigenvalue weighted by Gasteiger charge is -2.36. The first-order valence-corrected chi connectivity index (χ1v) is 6.68. The van der Waals surface area contributed by atoms with E-state index in [-0.39, 0.29) is 12.1 Å². The molecule has 1 aliphatic heterocycles. The third kappa shape index (κ3) is 3.93. The Balaban J connectivity index is 1.92. The maximum absolute atomic E-state index is 5.65. The SMILES string of the molecule is COc1cccc([C@H](C)NC2COC(C)(C)OC2)c1. The lowest BCUT2D eigenvalue weighted by Crippen LogP contribution is -2.49. The van der Waals surface area contributed by atoms with Crippen molar-refractivity contribution < 1.29 is 14.2 Å². The molecule has 1 atom stereocenters. The number of rotatable bonds is 4. The highest BCUT2D eigenvalue weighted by Crippen LogP contribution is 2.21. The molecule has 0 aliphatic carbocycles. The molecule has 1 saturated heterocycles. The summed E-state index contributed by atoms with van der Waals surface area (Å²) in [5.41, 5.74) is 1.20. The van der Waals surface area contributed by atoms with Gasteiger partial charge in [-0.2, -0.15) is 0 Å². The number of methoxy groups -OCH3 is 1. The summed E-state index contributed by atoms with van der Waals surface area (Å²) >= 11 is 0. The number of hydrogen-bond donors (Lipinski definition) is 1. The van der Waals surface area contributed by atoms with Crippen molar-refractivity contribution in [3.05, 3.63) is 29.8 Å². The molecule has 1 aromatic carbocycles. The second kappa shape index (κ2) is 5.90. The smallest absolute Gasteiger partial charge is 0.162 e. The summed E-state index contributed by atoms with van der Waals surface area (Å²) in [4.78, 5) is 0. The summed E-state index contributed by atoms with van der Waals surface area (Å²) in [7, 11) is 1.68. The third-order valence-electron chi connectivity index (χ3n) is 3.34. The van der Waals surface area contributed by atoms with E-state index in [9.17, 15) is 0 Å². The number of nitrogens with one attached hydrogen (secondary N) is 1. The fourth-order valence-electron chi connectivity index (χ4n) is 2.15. The molecule has 1 aromatic rings. The van der Waals surface area contributed by atoms with Crippen molar-refractivity contribution >= 4 is 0 Å². The van der Waals surface area contributed by atoms with Crippen LogP contribution in [-0.4, -0.2) is 32.2 Å². The molecular weight excluding hydrogens is 242 g/mol. The summed E-state index contributed by atoms with van der Waals surface area (Å²) in [6, 6.07) is 8.54. The molecule has 1 N–H and O–H groups in total. The average Bonchev–Trinajstić information content (AvgIpc) is 2.41. The van der Waals surface area contributed by atoms with Gasteiger partial charge in [-0.05, 0) is 38.5 Å². The van der Waals surface area contributed by atoms with E-state index in [1.807, 2.05) is 32.0 Å². The van der Waals surface area contributed by atoms with Gasteiger partial charge in [-0.15, -0.1) is 0 Å². The van der Waals surface area contributed by atoms with Gasteiger partial charge in [0.15, 0.2) is 5.79 Å². The first kappa shape index (κ1) is 14.3. The summed E-state index contributed by atoms with van der Waals surface area (Å²) in [5, 5.41) is 3.52. The molecule has 19 heavy (non-hydrogen) atoms. The second-order valence-electron chi connectivity index (χ2n) is 5.38. The minimum absolute atomic E-state index is 0.217. The van der Waals surface area contributed by atoms with Gasteiger partial charge in [0.2, 0.25) is 0 Å². The lowest BCUT2D eigenvalue weighted by atomic mass is 10.1. The highest BCUT2D eigenvalue weighted by atomic mass is 16.7. The van der Waals surface area contributed by atoms with Gasteiger partial charge < -0.3 is 19.5 Å². The maximum Gasteiger partial charge on any atom is 0.162 e. The zero-order valence-electron chi connectivity index (χ0n) is 12.1. The van der Waals surface area contributed by atoms with Gasteiger partial charge in [-0.3, -0.25) is 0 Å². The Morgan fingerprint density at radius 1 is 1.32 bits per heavy atom. The largest absolute Gasteiger partial charge is 0.497 e. The number of benzene rings is 1. The van der Waals surface area contributed by atoms with Gasteiger partial charge in [0.05, 0.1) is 26.4 Å². The minimum Gasteiger partial charge on any atom is -0.497 e. The molecule has 1 aliphatic rings. The highest BCUT2D eigenvalue weighted by molar-refractivity contribution is 5.30. The Morgan fingerprint density at radius 2 is 2.00 bits per heavy atom. The summed E-state index contributed by atoms with van der Waals surface area (Å²) in [6.45, 7) is 7.35. The van der Waals surface area contributed by atoms with Crippen LogP contribution in [0.2, 0.25) is 0 Å². The van der Waals surface area contributed by atoms with Crippen molar-refractivity contribution in [1.82, 2.24) is 5.32 Å². The van der Waals surface area contributed by atoms with Crippen LogP contribution in [0.3, 0.4) is 0 Å². The first-order chi connectivity index (χ1) is 9.00. The van der Waals surface area contributed by atoms with Crippen LogP contribution in [0.5, 0.6) is 5.75 Å². The molecule has 0 spiro atoms. The lowest BCUT2D eigenvalue weighted by molar-refractivity contribution is -0.253. The molecule has 1 fully saturated rings. The Morgan fingerprint density at radius 3 is 2.63 bits per heavy atom. The fourth-order valence-corrected chi connectivity index (χ4v) is 2.15. The Labute approximate surface area is 115 Å². The molecule has 0 unspecified atom stereocenters. The van der Waals surface area contributed by atoms with Crippen LogP contribution >= 0.6 is 0 Å². The molecule has 0 radical (unpaired) electrons. The van der Waals surface area contributed by atoms with Crippen LogP contribution in [0.4, 0.5) is 0 Å². The van der Waals surface area contributed by atoms with Gasteiger partial charge >= 0.3 is 0 Å². The van der Waals surface area contributed by atoms with E-state index >= 15 is 0 Å². The van der Waals surface area contributed by atoms with Gasteiger partial charge in [-0.1, -0.05) is 12.1 Å². The van der Waals surface area contributed by atoms with Crippen LogP contribution < -0.4 is 10.1 Å². The van der Waals surface area contributed by atoms with E-state index in [0.717, 1.165) is 5.75 Å². The van der Waals surface area contributed by atoms with Crippen LogP contribution in [0.1, 0.15) is 32.4 Å². The van der Waals surface area contributed by atoms with Crippen molar-refractivity contribution in [1.29, 1.82) is 0 Å². The van der Waals surface area contributed by atoms with E-state index in [4.69, 9.17) is 14.2 Å². The number of hydrogen-bond acceptors (Lipinski definition) is 4. The molecule has 106 valence electrons. The predicted molar refractivity (Wildman–Crippen MR) is 74.3 cm³/mol.